The second-order valence-electron chi connectivity index (χ2n) is 33.2. The van der Waals surface area contributed by atoms with E-state index in [0.717, 1.165) is 53.6 Å². The number of nitrogens with one attached hydrogen (secondary N) is 3. The molecule has 4 aliphatic rings. The van der Waals surface area contributed by atoms with E-state index in [-0.39, 0.29) is 73.3 Å². The van der Waals surface area contributed by atoms with Gasteiger partial charge in [0.25, 0.3) is 5.91 Å². The summed E-state index contributed by atoms with van der Waals surface area (Å²) in [4.78, 5) is 113. The number of primary amides is 1. The molecule has 8 unspecified atom stereocenters. The Morgan fingerprint density at radius 2 is 1.47 bits per heavy atom. The predicted molar refractivity (Wildman–Crippen MR) is 419 cm³/mol. The number of rotatable bonds is 41. The zero-order valence-corrected chi connectivity index (χ0v) is 69.6. The fourth-order valence-electron chi connectivity index (χ4n) is 15.8. The van der Waals surface area contributed by atoms with Crippen molar-refractivity contribution in [3.05, 3.63) is 101 Å². The summed E-state index contributed by atoms with van der Waals surface area (Å²) in [6.07, 6.45) is -4.04. The molecule has 2 aliphatic heterocycles. The molecule has 1 aromatic heterocycles. The van der Waals surface area contributed by atoms with E-state index in [2.05, 4.69) is 40.1 Å². The number of aromatic nitrogens is 3. The van der Waals surface area contributed by atoms with Crippen molar-refractivity contribution >= 4 is 58.1 Å². The van der Waals surface area contributed by atoms with Crippen LogP contribution in [0.15, 0.2) is 72.8 Å². The lowest BCUT2D eigenvalue weighted by Crippen LogP contribution is -2.60. The molecule has 2 saturated heterocycles. The number of aliphatic carboxylic acids is 1. The molecule has 7 amide bonds. The van der Waals surface area contributed by atoms with E-state index in [9.17, 15) is 67.2 Å². The van der Waals surface area contributed by atoms with Gasteiger partial charge in [0.1, 0.15) is 42.7 Å². The van der Waals surface area contributed by atoms with Gasteiger partial charge in [0.2, 0.25) is 29.9 Å². The van der Waals surface area contributed by atoms with Gasteiger partial charge in [-0.1, -0.05) is 130 Å². The van der Waals surface area contributed by atoms with Crippen molar-refractivity contribution in [2.45, 2.75) is 221 Å². The third-order valence-electron chi connectivity index (χ3n) is 22.4. The first-order valence-corrected chi connectivity index (χ1v) is 40.9. The van der Waals surface area contributed by atoms with E-state index in [4.69, 9.17) is 47.3 Å². The molecule has 9 N–H and O–H groups in total. The van der Waals surface area contributed by atoms with Crippen molar-refractivity contribution in [1.29, 1.82) is 0 Å². The Labute approximate surface area is 673 Å². The maximum atomic E-state index is 14.9. The standard InChI is InChI=1S/C81H120N10O23S/c1-16-48(6)70(64(106-14)38-66(94)90-34-20-23-60(90)72(107-15)49(7)73(96)84-58(77(100)101)35-50-21-18-17-19-22-50)88(12)76(99)68(46(2)3)85-75(98)69(47(4)5)89(13)79(103)110-40-51-24-27-53(28-25-51)113-115(104,105)114-63-36-52(26-33-62(63)111-67-37-61(93)71(95)65(39-92)112-67)74(97)83-42-80(8,9)44-108-45-81(10,11)43-91-59-32-30-55-54(29-31-57(59)86-87-91)56(55)41-109-78(82)102/h17-19,21-22,24-28,33,36,46-49,54-56,58,60-61,64-65,67-72,92-93,95H,16,20,23,29-32,34-35,37-45H2,1-15H3,(H2,82,102)(H,83,97)(H,84,96)(H,85,98)(H,100,101)/t48?,49-,54?,55?,56?,58?,60+,61-,64-,65-,67?,68+,69+,70?,71-,72?/m1/s1. The van der Waals surface area contributed by atoms with E-state index in [0.29, 0.717) is 68.9 Å². The third kappa shape index (κ3) is 24.9. The van der Waals surface area contributed by atoms with E-state index in [1.807, 2.05) is 38.4 Å². The van der Waals surface area contributed by atoms with Gasteiger partial charge >= 0.3 is 28.6 Å². The molecule has 34 heteroatoms. The zero-order valence-electron chi connectivity index (χ0n) is 68.8. The van der Waals surface area contributed by atoms with E-state index in [1.54, 1.807) is 70.8 Å². The van der Waals surface area contributed by atoms with Crippen LogP contribution >= 0.6 is 0 Å². The number of amides is 7. The lowest BCUT2D eigenvalue weighted by molar-refractivity contribution is -0.230. The van der Waals surface area contributed by atoms with Gasteiger partial charge in [0.15, 0.2) is 11.5 Å². The number of hydrogen-bond acceptors (Lipinski definition) is 24. The minimum Gasteiger partial charge on any atom is -0.480 e. The number of carboxylic acids is 1. The Kier molecular flexibility index (Phi) is 32.6. The van der Waals surface area contributed by atoms with Gasteiger partial charge in [-0.05, 0) is 115 Å². The second kappa shape index (κ2) is 40.9. The topological polar surface area (TPSA) is 437 Å². The van der Waals surface area contributed by atoms with Crippen LogP contribution in [0.1, 0.15) is 154 Å². The predicted octanol–water partition coefficient (Wildman–Crippen LogP) is 5.99. The van der Waals surface area contributed by atoms with Crippen LogP contribution in [-0.2, 0) is 95.2 Å². The molecule has 1 saturated carbocycles. The maximum absolute atomic E-state index is 14.9. The van der Waals surface area contributed by atoms with Crippen molar-refractivity contribution in [3.63, 3.8) is 0 Å². The van der Waals surface area contributed by atoms with Gasteiger partial charge in [-0.2, -0.15) is 0 Å². The lowest BCUT2D eigenvalue weighted by Gasteiger charge is -2.41. The normalized spacial score (nSPS) is 21.7. The van der Waals surface area contributed by atoms with Crippen LogP contribution < -0.4 is 34.8 Å². The Balaban J connectivity index is 0.853. The molecule has 2 aliphatic carbocycles. The SMILES string of the molecule is CCC(C)C([C@@H](CC(=O)N1CCC[C@H]1C(OC)[C@@H](C)C(=O)NC(Cc1ccccc1)C(=O)O)OC)N(C)C(=O)[C@@H](NC(=O)[C@H](C(C)C)N(C)C(=O)OCc1ccc(OS(=O)(=O)Oc2cc(C(=O)NCC(C)(C)COCC(C)(C)Cn3nnc4c3CCC3C(CC4)C3COC(N)=O)ccc2OC2C[C@@H](O)[C@@H](O)[C@@H](CO)O2)cc1)C(C)C. The Morgan fingerprint density at radius 3 is 2.10 bits per heavy atom. The van der Waals surface area contributed by atoms with Crippen molar-refractivity contribution in [2.24, 2.45) is 58.0 Å². The molecule has 638 valence electrons. The number of likely N-dealkylation sites (N-methyl/N-ethyl adjacent to an activating group) is 2. The molecular formula is C81H120N10O23S. The minimum atomic E-state index is -5.08. The van der Waals surface area contributed by atoms with Crippen molar-refractivity contribution in [2.75, 3.05) is 67.8 Å². The molecule has 33 nitrogen and oxygen atoms in total. The summed E-state index contributed by atoms with van der Waals surface area (Å²) >= 11 is 0. The molecule has 8 rings (SSSR count). The van der Waals surface area contributed by atoms with Gasteiger partial charge in [0, 0.05) is 70.6 Å². The summed E-state index contributed by atoms with van der Waals surface area (Å²) in [6, 6.07) is 13.3. The Bertz CT molecular complexity index is 4060. The lowest BCUT2D eigenvalue weighted by atomic mass is 9.89. The first-order chi connectivity index (χ1) is 54.3. The monoisotopic (exact) mass is 1630 g/mol. The quantitative estimate of drug-likeness (QED) is 0.0253. The van der Waals surface area contributed by atoms with Crippen molar-refractivity contribution in [1.82, 2.24) is 45.6 Å². The average Bonchev–Trinajstić information content (AvgIpc) is 1.62. The number of nitrogens with two attached hydrogens (primary N) is 1. The number of aliphatic hydroxyl groups is 3. The van der Waals surface area contributed by atoms with Crippen LogP contribution in [-0.4, -0.2) is 241 Å². The van der Waals surface area contributed by atoms with Crippen LogP contribution in [0.5, 0.6) is 17.2 Å². The highest BCUT2D eigenvalue weighted by Crippen LogP contribution is 2.53. The van der Waals surface area contributed by atoms with Crippen molar-refractivity contribution in [3.8, 4) is 17.2 Å². The molecule has 3 fully saturated rings. The van der Waals surface area contributed by atoms with Gasteiger partial charge in [0.05, 0.1) is 87.1 Å². The molecule has 3 heterocycles. The Morgan fingerprint density at radius 1 is 0.791 bits per heavy atom. The number of methoxy groups -OCH3 is 2. The van der Waals surface area contributed by atoms with E-state index >= 15 is 0 Å². The fraction of sp³-hybridized carbons (Fsp3) is 0.654. The summed E-state index contributed by atoms with van der Waals surface area (Å²) in [6.45, 7) is 21.3. The number of hydrogen-bond donors (Lipinski definition) is 8. The molecule has 3 aromatic carbocycles. The number of aryl methyl sites for hydroxylation is 1. The largest absolute Gasteiger partial charge is 0.501 e. The first-order valence-electron chi connectivity index (χ1n) is 39.5. The maximum Gasteiger partial charge on any atom is 0.501 e. The van der Waals surface area contributed by atoms with Crippen LogP contribution in [0.2, 0.25) is 0 Å². The number of carboxylic acid groups (broad SMARTS) is 1. The number of nitrogens with zero attached hydrogens (tertiary/aromatic N) is 6. The number of carbonyl (C=O) groups is 8. The molecule has 0 bridgehead atoms. The second-order valence-corrected chi connectivity index (χ2v) is 34.3. The first kappa shape index (κ1) is 91.7. The minimum absolute atomic E-state index is 0.0589. The van der Waals surface area contributed by atoms with Gasteiger partial charge in [-0.25, -0.2) is 19.1 Å². The number of ether oxygens (including phenoxy) is 7. The smallest absolute Gasteiger partial charge is 0.480 e. The van der Waals surface area contributed by atoms with Crippen molar-refractivity contribution < 1.29 is 109 Å². The third-order valence-corrected chi connectivity index (χ3v) is 23.2. The molecule has 16 atom stereocenters. The Hall–Kier alpha value is -8.77. The van der Waals surface area contributed by atoms with E-state index in [1.165, 1.54) is 62.6 Å². The fourth-order valence-corrected chi connectivity index (χ4v) is 16.5. The number of carbonyl (C=O) groups excluding carboxylic acids is 7. The molecule has 4 aromatic rings. The highest BCUT2D eigenvalue weighted by Gasteiger charge is 2.51. The number of benzene rings is 3. The van der Waals surface area contributed by atoms with Crippen LogP contribution in [0, 0.1) is 52.3 Å². The average molecular weight is 1630 g/mol. The highest BCUT2D eigenvalue weighted by atomic mass is 32.3. The molecule has 0 spiro atoms. The van der Waals surface area contributed by atoms with Crippen LogP contribution in [0.25, 0.3) is 0 Å². The van der Waals surface area contributed by atoms with Crippen LogP contribution in [0.3, 0.4) is 0 Å². The van der Waals surface area contributed by atoms with Crippen LogP contribution in [0.4, 0.5) is 9.59 Å². The summed E-state index contributed by atoms with van der Waals surface area (Å²) in [5.41, 5.74) is 7.34. The number of fused-ring (bicyclic) bond motifs is 2. The molecule has 0 radical (unpaired) electrons. The molecule has 115 heavy (non-hydrogen) atoms. The summed E-state index contributed by atoms with van der Waals surface area (Å²) in [7, 11) is 0.807. The highest BCUT2D eigenvalue weighted by molar-refractivity contribution is 7.82. The number of aliphatic hydroxyl groups excluding tert-OH is 3. The number of likely N-dealkylation sites (tertiary alicyclic amines) is 1. The van der Waals surface area contributed by atoms with E-state index < -0.39 is 155 Å². The summed E-state index contributed by atoms with van der Waals surface area (Å²) < 4.78 is 81.2. The molecular weight excluding hydrogens is 1510 g/mol. The van der Waals surface area contributed by atoms with Gasteiger partial charge in [-0.3, -0.25) is 28.9 Å². The zero-order chi connectivity index (χ0) is 84.6. The van der Waals surface area contributed by atoms with Gasteiger partial charge < -0.3 is 93.4 Å². The summed E-state index contributed by atoms with van der Waals surface area (Å²) in [5, 5.41) is 58.4. The van der Waals surface area contributed by atoms with Gasteiger partial charge in [-0.15, -0.1) is 13.5 Å². The summed E-state index contributed by atoms with van der Waals surface area (Å²) in [5.74, 6) is -5.72.